The van der Waals surface area contributed by atoms with Crippen molar-refractivity contribution < 1.29 is 4.79 Å². The Hall–Kier alpha value is -1.55. The van der Waals surface area contributed by atoms with Gasteiger partial charge in [0.15, 0.2) is 0 Å². The third-order valence-electron chi connectivity index (χ3n) is 6.35. The van der Waals surface area contributed by atoms with Crippen LogP contribution in [0.2, 0.25) is 0 Å². The van der Waals surface area contributed by atoms with E-state index in [1.807, 2.05) is 12.1 Å². The Morgan fingerprint density at radius 2 is 1.61 bits per heavy atom. The minimum absolute atomic E-state index is 0.347. The monoisotopic (exact) mass is 313 g/mol. The number of carbonyl (C=O) groups is 1. The summed E-state index contributed by atoms with van der Waals surface area (Å²) in [6.45, 7) is 2.25. The van der Waals surface area contributed by atoms with Crippen LogP contribution in [-0.2, 0) is 0 Å². The van der Waals surface area contributed by atoms with Crippen LogP contribution in [0.3, 0.4) is 0 Å². The van der Waals surface area contributed by atoms with Gasteiger partial charge in [0.2, 0.25) is 0 Å². The summed E-state index contributed by atoms with van der Waals surface area (Å²) in [4.78, 5) is 10.9. The van der Waals surface area contributed by atoms with E-state index >= 15 is 0 Å². The quantitative estimate of drug-likeness (QED) is 0.794. The summed E-state index contributed by atoms with van der Waals surface area (Å²) in [5, 5.41) is 6.54. The Morgan fingerprint density at radius 1 is 1.04 bits per heavy atom. The fraction of sp³-hybridized carbons (Fsp3) is 0.632. The standard InChI is InChI=1S/C19H27N3O/c1-11(14-2-4-17(5-3-14)22-19(20)23)21-18-15-7-12-6-13(9-15)10-16(18)8-12/h2-5,11-13,15-16,18,21H,6-10H2,1H3,(H3,20,22,23). The summed E-state index contributed by atoms with van der Waals surface area (Å²) < 4.78 is 0. The van der Waals surface area contributed by atoms with E-state index in [0.29, 0.717) is 12.1 Å². The van der Waals surface area contributed by atoms with Crippen LogP contribution in [0.25, 0.3) is 0 Å². The molecule has 4 bridgehead atoms. The van der Waals surface area contributed by atoms with Gasteiger partial charge in [-0.1, -0.05) is 12.1 Å². The number of carbonyl (C=O) groups excluding carboxylic acids is 1. The molecule has 23 heavy (non-hydrogen) atoms. The van der Waals surface area contributed by atoms with Gasteiger partial charge in [0.25, 0.3) is 0 Å². The molecule has 0 heterocycles. The van der Waals surface area contributed by atoms with Gasteiger partial charge in [0.1, 0.15) is 0 Å². The maximum absolute atomic E-state index is 10.9. The molecule has 4 nitrogen and oxygen atoms in total. The number of benzene rings is 1. The van der Waals surface area contributed by atoms with E-state index in [-0.39, 0.29) is 0 Å². The molecule has 4 aliphatic carbocycles. The van der Waals surface area contributed by atoms with Crippen LogP contribution >= 0.6 is 0 Å². The van der Waals surface area contributed by atoms with Crippen LogP contribution in [0.1, 0.15) is 50.6 Å². The van der Waals surface area contributed by atoms with Crippen LogP contribution in [0, 0.1) is 23.7 Å². The van der Waals surface area contributed by atoms with Gasteiger partial charge in [-0.05, 0) is 80.4 Å². The third kappa shape index (κ3) is 2.97. The minimum atomic E-state index is -0.516. The first kappa shape index (κ1) is 15.0. The second-order valence-electron chi connectivity index (χ2n) is 7.96. The number of hydrogen-bond donors (Lipinski definition) is 3. The van der Waals surface area contributed by atoms with Crippen molar-refractivity contribution in [3.8, 4) is 0 Å². The zero-order valence-corrected chi connectivity index (χ0v) is 13.8. The summed E-state index contributed by atoms with van der Waals surface area (Å²) in [6.07, 6.45) is 7.28. The van der Waals surface area contributed by atoms with Crippen molar-refractivity contribution in [1.82, 2.24) is 5.32 Å². The number of rotatable bonds is 4. The predicted molar refractivity (Wildman–Crippen MR) is 92.0 cm³/mol. The highest BCUT2D eigenvalue weighted by Crippen LogP contribution is 2.54. The lowest BCUT2D eigenvalue weighted by molar-refractivity contribution is -0.0171. The molecule has 0 saturated heterocycles. The number of urea groups is 1. The molecule has 0 aliphatic heterocycles. The van der Waals surface area contributed by atoms with Crippen LogP contribution in [0.15, 0.2) is 24.3 Å². The Morgan fingerprint density at radius 3 is 2.13 bits per heavy atom. The summed E-state index contributed by atoms with van der Waals surface area (Å²) in [6, 6.07) is 8.54. The summed E-state index contributed by atoms with van der Waals surface area (Å²) in [5.74, 6) is 3.82. The molecular formula is C19H27N3O. The normalized spacial score (nSPS) is 36.0. The average molecular weight is 313 g/mol. The van der Waals surface area contributed by atoms with Gasteiger partial charge in [-0.2, -0.15) is 0 Å². The molecule has 4 N–H and O–H groups in total. The molecule has 5 rings (SSSR count). The first-order chi connectivity index (χ1) is 11.1. The maximum Gasteiger partial charge on any atom is 0.316 e. The maximum atomic E-state index is 10.9. The number of anilines is 1. The molecule has 1 aromatic carbocycles. The molecule has 1 unspecified atom stereocenters. The Labute approximate surface area is 138 Å². The summed E-state index contributed by atoms with van der Waals surface area (Å²) in [7, 11) is 0. The topological polar surface area (TPSA) is 67.2 Å². The van der Waals surface area contributed by atoms with Gasteiger partial charge in [-0.25, -0.2) is 4.79 Å². The predicted octanol–water partition coefficient (Wildman–Crippen LogP) is 3.65. The Kier molecular flexibility index (Phi) is 3.80. The van der Waals surface area contributed by atoms with Gasteiger partial charge in [0.05, 0.1) is 0 Å². The Bertz CT molecular complexity index is 555. The van der Waals surface area contributed by atoms with Crippen molar-refractivity contribution in [1.29, 1.82) is 0 Å². The van der Waals surface area contributed by atoms with E-state index in [0.717, 1.165) is 29.4 Å². The van der Waals surface area contributed by atoms with Crippen LogP contribution < -0.4 is 16.4 Å². The van der Waals surface area contributed by atoms with Crippen molar-refractivity contribution in [2.45, 2.75) is 51.1 Å². The second-order valence-corrected chi connectivity index (χ2v) is 7.96. The van der Waals surface area contributed by atoms with Gasteiger partial charge in [-0.3, -0.25) is 0 Å². The molecule has 4 heteroatoms. The van der Waals surface area contributed by atoms with Crippen molar-refractivity contribution in [3.05, 3.63) is 29.8 Å². The Balaban J connectivity index is 1.41. The molecule has 2 amide bonds. The lowest BCUT2D eigenvalue weighted by atomic mass is 9.54. The second kappa shape index (κ2) is 5.82. The van der Waals surface area contributed by atoms with Gasteiger partial charge < -0.3 is 16.4 Å². The highest BCUT2D eigenvalue weighted by atomic mass is 16.2. The van der Waals surface area contributed by atoms with Crippen molar-refractivity contribution in [2.24, 2.45) is 29.4 Å². The first-order valence-corrected chi connectivity index (χ1v) is 9.01. The number of primary amides is 1. The summed E-state index contributed by atoms with van der Waals surface area (Å²) in [5.41, 5.74) is 7.18. The first-order valence-electron chi connectivity index (χ1n) is 9.01. The molecule has 0 aromatic heterocycles. The molecule has 1 atom stereocenters. The molecule has 124 valence electrons. The number of amides is 2. The zero-order valence-electron chi connectivity index (χ0n) is 13.8. The molecule has 4 aliphatic rings. The molecular weight excluding hydrogens is 286 g/mol. The smallest absolute Gasteiger partial charge is 0.316 e. The minimum Gasteiger partial charge on any atom is -0.351 e. The molecule has 0 spiro atoms. The number of nitrogens with one attached hydrogen (secondary N) is 2. The van der Waals surface area contributed by atoms with Crippen LogP contribution in [0.4, 0.5) is 10.5 Å². The fourth-order valence-electron chi connectivity index (χ4n) is 5.58. The third-order valence-corrected chi connectivity index (χ3v) is 6.35. The SMILES string of the molecule is CC(NC1C2CC3CC(C2)CC1C3)c1ccc(NC(N)=O)cc1. The highest BCUT2D eigenvalue weighted by molar-refractivity contribution is 5.87. The van der Waals surface area contributed by atoms with E-state index in [2.05, 4.69) is 29.7 Å². The van der Waals surface area contributed by atoms with Crippen LogP contribution in [-0.4, -0.2) is 12.1 Å². The van der Waals surface area contributed by atoms with E-state index in [1.165, 1.54) is 37.7 Å². The summed E-state index contributed by atoms with van der Waals surface area (Å²) >= 11 is 0. The zero-order chi connectivity index (χ0) is 16.0. The highest BCUT2D eigenvalue weighted by Gasteiger charge is 2.48. The van der Waals surface area contributed by atoms with E-state index in [9.17, 15) is 4.79 Å². The van der Waals surface area contributed by atoms with Crippen molar-refractivity contribution in [2.75, 3.05) is 5.32 Å². The molecule has 1 aromatic rings. The molecule has 4 fully saturated rings. The fourth-order valence-corrected chi connectivity index (χ4v) is 5.58. The van der Waals surface area contributed by atoms with E-state index < -0.39 is 6.03 Å². The van der Waals surface area contributed by atoms with Gasteiger partial charge >= 0.3 is 6.03 Å². The van der Waals surface area contributed by atoms with Gasteiger partial charge in [-0.15, -0.1) is 0 Å². The lowest BCUT2D eigenvalue weighted by Crippen LogP contribution is -2.54. The van der Waals surface area contributed by atoms with Crippen LogP contribution in [0.5, 0.6) is 0 Å². The van der Waals surface area contributed by atoms with E-state index in [1.54, 1.807) is 0 Å². The van der Waals surface area contributed by atoms with E-state index in [4.69, 9.17) is 5.73 Å². The molecule has 4 saturated carbocycles. The average Bonchev–Trinajstić information content (AvgIpc) is 2.50. The number of hydrogen-bond acceptors (Lipinski definition) is 2. The van der Waals surface area contributed by atoms with Gasteiger partial charge in [0, 0.05) is 17.8 Å². The largest absolute Gasteiger partial charge is 0.351 e. The molecule has 0 radical (unpaired) electrons. The van der Waals surface area contributed by atoms with Crippen molar-refractivity contribution >= 4 is 11.7 Å². The van der Waals surface area contributed by atoms with Crippen molar-refractivity contribution in [3.63, 3.8) is 0 Å². The number of nitrogens with two attached hydrogens (primary N) is 1. The lowest BCUT2D eigenvalue weighted by Gasteiger charge is -2.55.